The molecule has 7 heteroatoms. The number of nitrogens with zero attached hydrogens (tertiary/aromatic N) is 2. The van der Waals surface area contributed by atoms with Crippen LogP contribution >= 0.6 is 11.6 Å². The number of aromatic nitrogens is 2. The van der Waals surface area contributed by atoms with E-state index in [1.165, 1.54) is 6.20 Å². The summed E-state index contributed by atoms with van der Waals surface area (Å²) in [7, 11) is 0. The summed E-state index contributed by atoms with van der Waals surface area (Å²) in [4.78, 5) is 19.6. The lowest BCUT2D eigenvalue weighted by Gasteiger charge is -2.09. The first kappa shape index (κ1) is 14.5. The van der Waals surface area contributed by atoms with Gasteiger partial charge in [0.05, 0.1) is 12.7 Å². The topological polar surface area (TPSA) is 78.9 Å². The van der Waals surface area contributed by atoms with Gasteiger partial charge in [-0.05, 0) is 13.3 Å². The zero-order valence-corrected chi connectivity index (χ0v) is 11.3. The monoisotopic (exact) mass is 271 g/mol. The molecule has 1 amide bonds. The molecule has 1 heterocycles. The van der Waals surface area contributed by atoms with Crippen LogP contribution in [0.25, 0.3) is 0 Å². The highest BCUT2D eigenvalue weighted by Gasteiger charge is 2.06. The summed E-state index contributed by atoms with van der Waals surface area (Å²) in [6, 6.07) is 0. The Morgan fingerprint density at radius 3 is 2.83 bits per heavy atom. The van der Waals surface area contributed by atoms with Gasteiger partial charge in [0.15, 0.2) is 5.82 Å². The fraction of sp³-hybridized carbons (Fsp3) is 0.545. The van der Waals surface area contributed by atoms with Gasteiger partial charge in [0.2, 0.25) is 11.9 Å². The largest absolute Gasteiger partial charge is 0.360 e. The van der Waals surface area contributed by atoms with Crippen LogP contribution in [0.5, 0.6) is 0 Å². The maximum atomic E-state index is 11.4. The molecule has 100 valence electrons. The number of hydrogen-bond acceptors (Lipinski definition) is 5. The lowest BCUT2D eigenvalue weighted by molar-refractivity contribution is -0.119. The van der Waals surface area contributed by atoms with Crippen LogP contribution in [0.3, 0.4) is 0 Å². The maximum Gasteiger partial charge on any atom is 0.239 e. The van der Waals surface area contributed by atoms with Crippen LogP contribution in [0.15, 0.2) is 6.20 Å². The van der Waals surface area contributed by atoms with Crippen LogP contribution < -0.4 is 16.0 Å². The van der Waals surface area contributed by atoms with Crippen LogP contribution in [-0.2, 0) is 4.79 Å². The number of rotatable bonds is 7. The molecule has 1 aromatic heterocycles. The van der Waals surface area contributed by atoms with E-state index in [4.69, 9.17) is 11.6 Å². The third-order valence-corrected chi connectivity index (χ3v) is 2.34. The molecular formula is C11H18ClN5O. The zero-order chi connectivity index (χ0) is 13.4. The van der Waals surface area contributed by atoms with E-state index in [1.54, 1.807) is 0 Å². The number of hydrogen-bond donors (Lipinski definition) is 3. The van der Waals surface area contributed by atoms with Gasteiger partial charge in [-0.2, -0.15) is 4.98 Å². The highest BCUT2D eigenvalue weighted by molar-refractivity contribution is 6.32. The number of carbonyl (C=O) groups excluding carboxylic acids is 1. The Morgan fingerprint density at radius 2 is 2.17 bits per heavy atom. The van der Waals surface area contributed by atoms with Crippen molar-refractivity contribution in [1.29, 1.82) is 0 Å². The molecule has 1 aromatic rings. The second-order valence-electron chi connectivity index (χ2n) is 3.62. The van der Waals surface area contributed by atoms with Crippen LogP contribution in [0.2, 0.25) is 5.02 Å². The van der Waals surface area contributed by atoms with Gasteiger partial charge in [-0.3, -0.25) is 4.79 Å². The SMILES string of the molecule is CCCNC(=O)CNc1nc(NCC)ncc1Cl. The van der Waals surface area contributed by atoms with Crippen molar-refractivity contribution >= 4 is 29.3 Å². The lowest BCUT2D eigenvalue weighted by atomic mass is 10.4. The van der Waals surface area contributed by atoms with Gasteiger partial charge in [-0.25, -0.2) is 4.98 Å². The average molecular weight is 272 g/mol. The van der Waals surface area contributed by atoms with Gasteiger partial charge in [0.1, 0.15) is 5.02 Å². The van der Waals surface area contributed by atoms with Crippen LogP contribution in [0, 0.1) is 0 Å². The minimum Gasteiger partial charge on any atom is -0.360 e. The summed E-state index contributed by atoms with van der Waals surface area (Å²) in [5.74, 6) is 0.851. The summed E-state index contributed by atoms with van der Waals surface area (Å²) in [5, 5.41) is 9.01. The van der Waals surface area contributed by atoms with E-state index in [0.717, 1.165) is 13.0 Å². The Morgan fingerprint density at radius 1 is 1.39 bits per heavy atom. The number of carbonyl (C=O) groups is 1. The first-order valence-electron chi connectivity index (χ1n) is 5.94. The average Bonchev–Trinajstić information content (AvgIpc) is 2.37. The summed E-state index contributed by atoms with van der Waals surface area (Å²) in [5.41, 5.74) is 0. The predicted octanol–water partition coefficient (Wildman–Crippen LogP) is 1.50. The van der Waals surface area contributed by atoms with E-state index in [9.17, 15) is 4.79 Å². The smallest absolute Gasteiger partial charge is 0.239 e. The van der Waals surface area contributed by atoms with Crippen molar-refractivity contribution in [2.45, 2.75) is 20.3 Å². The van der Waals surface area contributed by atoms with E-state index in [-0.39, 0.29) is 12.5 Å². The molecule has 3 N–H and O–H groups in total. The third-order valence-electron chi connectivity index (χ3n) is 2.07. The van der Waals surface area contributed by atoms with E-state index < -0.39 is 0 Å². The summed E-state index contributed by atoms with van der Waals surface area (Å²) >= 11 is 5.94. The van der Waals surface area contributed by atoms with Crippen molar-refractivity contribution in [3.05, 3.63) is 11.2 Å². The molecule has 0 aliphatic carbocycles. The van der Waals surface area contributed by atoms with Crippen molar-refractivity contribution in [2.75, 3.05) is 30.3 Å². The predicted molar refractivity (Wildman–Crippen MR) is 73.0 cm³/mol. The van der Waals surface area contributed by atoms with Crippen molar-refractivity contribution in [1.82, 2.24) is 15.3 Å². The Kier molecular flexibility index (Phi) is 6.21. The summed E-state index contributed by atoms with van der Waals surface area (Å²) in [6.07, 6.45) is 2.41. The maximum absolute atomic E-state index is 11.4. The first-order chi connectivity index (χ1) is 8.67. The molecule has 0 aromatic carbocycles. The molecule has 6 nitrogen and oxygen atoms in total. The number of nitrogens with one attached hydrogen (secondary N) is 3. The molecule has 18 heavy (non-hydrogen) atoms. The van der Waals surface area contributed by atoms with Gasteiger partial charge in [0.25, 0.3) is 0 Å². The van der Waals surface area contributed by atoms with Crippen molar-refractivity contribution in [3.63, 3.8) is 0 Å². The molecule has 1 rings (SSSR count). The molecule has 0 atom stereocenters. The van der Waals surface area contributed by atoms with Gasteiger partial charge in [0, 0.05) is 13.1 Å². The molecule has 0 bridgehead atoms. The molecule has 0 spiro atoms. The summed E-state index contributed by atoms with van der Waals surface area (Å²) < 4.78 is 0. The third kappa shape index (κ3) is 4.75. The quantitative estimate of drug-likeness (QED) is 0.700. The van der Waals surface area contributed by atoms with Gasteiger partial charge >= 0.3 is 0 Å². The molecule has 0 saturated heterocycles. The standard InChI is InChI=1S/C11H18ClN5O/c1-3-5-14-9(18)7-15-10-8(12)6-16-11(17-10)13-4-2/h6H,3-5,7H2,1-2H3,(H,14,18)(H2,13,15,16,17). The fourth-order valence-electron chi connectivity index (χ4n) is 1.23. The highest BCUT2D eigenvalue weighted by atomic mass is 35.5. The Labute approximate surface area is 112 Å². The van der Waals surface area contributed by atoms with E-state index >= 15 is 0 Å². The van der Waals surface area contributed by atoms with E-state index in [2.05, 4.69) is 25.9 Å². The van der Waals surface area contributed by atoms with Crippen LogP contribution in [0.1, 0.15) is 20.3 Å². The Hall–Kier alpha value is -1.56. The molecular weight excluding hydrogens is 254 g/mol. The molecule has 0 saturated carbocycles. The molecule has 0 fully saturated rings. The number of anilines is 2. The second-order valence-corrected chi connectivity index (χ2v) is 4.03. The molecule has 0 aliphatic rings. The Balaban J connectivity index is 2.55. The first-order valence-corrected chi connectivity index (χ1v) is 6.32. The Bertz CT molecular complexity index is 399. The molecule has 0 radical (unpaired) electrons. The van der Waals surface area contributed by atoms with Crippen molar-refractivity contribution < 1.29 is 4.79 Å². The molecule has 0 unspecified atom stereocenters. The van der Waals surface area contributed by atoms with E-state index in [0.29, 0.717) is 23.3 Å². The zero-order valence-electron chi connectivity index (χ0n) is 10.6. The highest BCUT2D eigenvalue weighted by Crippen LogP contribution is 2.18. The van der Waals surface area contributed by atoms with Crippen molar-refractivity contribution in [2.24, 2.45) is 0 Å². The summed E-state index contributed by atoms with van der Waals surface area (Å²) in [6.45, 7) is 5.47. The minimum atomic E-state index is -0.0865. The van der Waals surface area contributed by atoms with E-state index in [1.807, 2.05) is 13.8 Å². The number of halogens is 1. The van der Waals surface area contributed by atoms with Gasteiger partial charge < -0.3 is 16.0 Å². The fourth-order valence-corrected chi connectivity index (χ4v) is 1.38. The van der Waals surface area contributed by atoms with Crippen LogP contribution in [0.4, 0.5) is 11.8 Å². The van der Waals surface area contributed by atoms with Crippen molar-refractivity contribution in [3.8, 4) is 0 Å². The minimum absolute atomic E-state index is 0.0865. The van der Waals surface area contributed by atoms with Crippen LogP contribution in [-0.4, -0.2) is 35.5 Å². The van der Waals surface area contributed by atoms with Gasteiger partial charge in [-0.15, -0.1) is 0 Å². The molecule has 0 aliphatic heterocycles. The normalized spacial score (nSPS) is 9.94. The van der Waals surface area contributed by atoms with Gasteiger partial charge in [-0.1, -0.05) is 18.5 Å². The second kappa shape index (κ2) is 7.71. The number of amides is 1. The lowest BCUT2D eigenvalue weighted by Crippen LogP contribution is -2.30.